The average Bonchev–Trinajstić information content (AvgIpc) is 3.28. The third kappa shape index (κ3) is 8.71. The predicted molar refractivity (Wildman–Crippen MR) is 199 cm³/mol. The summed E-state index contributed by atoms with van der Waals surface area (Å²) in [7, 11) is 0. The SMILES string of the molecule is CC(C)(C)CCN1C(=O)[C@H](CC(=O)N2CCC(N3CCc4ccccc4NC3=O)CC2)SC1c1cccc(F)c1NCCN1CCCCC1.[HH].[HH]. The number of carbonyl (C=O) groups excluding carboxylic acids is 3. The van der Waals surface area contributed by atoms with Crippen molar-refractivity contribution in [3.63, 3.8) is 0 Å². The van der Waals surface area contributed by atoms with Gasteiger partial charge in [-0.25, -0.2) is 9.18 Å². The Hall–Kier alpha value is -3.31. The Bertz CT molecular complexity index is 1500. The largest absolute Gasteiger partial charge is 0.381 e. The molecule has 2 atom stereocenters. The fourth-order valence-corrected chi connectivity index (χ4v) is 9.06. The monoisotopic (exact) mass is 696 g/mol. The smallest absolute Gasteiger partial charge is 0.322 e. The van der Waals surface area contributed by atoms with E-state index >= 15 is 4.39 Å². The second kappa shape index (κ2) is 15.7. The van der Waals surface area contributed by atoms with Gasteiger partial charge < -0.3 is 30.2 Å². The molecule has 0 spiro atoms. The molecule has 2 aromatic rings. The van der Waals surface area contributed by atoms with Gasteiger partial charge >= 0.3 is 6.03 Å². The lowest BCUT2D eigenvalue weighted by Gasteiger charge is -2.38. The van der Waals surface area contributed by atoms with Gasteiger partial charge in [-0.2, -0.15) is 0 Å². The number of amides is 4. The van der Waals surface area contributed by atoms with Crippen LogP contribution in [-0.4, -0.2) is 101 Å². The first-order chi connectivity index (χ1) is 23.6. The summed E-state index contributed by atoms with van der Waals surface area (Å²) < 4.78 is 15.4. The normalized spacial score (nSPS) is 22.6. The van der Waals surface area contributed by atoms with Crippen LogP contribution >= 0.6 is 11.8 Å². The van der Waals surface area contributed by atoms with Crippen molar-refractivity contribution in [1.82, 2.24) is 19.6 Å². The molecule has 0 aromatic heterocycles. The van der Waals surface area contributed by atoms with Gasteiger partial charge in [0.05, 0.1) is 10.9 Å². The van der Waals surface area contributed by atoms with Crippen molar-refractivity contribution < 1.29 is 21.6 Å². The number of fused-ring (bicyclic) bond motifs is 1. The van der Waals surface area contributed by atoms with Gasteiger partial charge in [-0.15, -0.1) is 11.8 Å². The second-order valence-corrected chi connectivity index (χ2v) is 16.5. The third-order valence-electron chi connectivity index (χ3n) is 10.5. The molecule has 6 rings (SSSR count). The van der Waals surface area contributed by atoms with Gasteiger partial charge in [-0.1, -0.05) is 57.5 Å². The molecule has 2 aromatic carbocycles. The minimum Gasteiger partial charge on any atom is -0.381 e. The zero-order valence-electron chi connectivity index (χ0n) is 29.4. The van der Waals surface area contributed by atoms with Crippen LogP contribution in [0.1, 0.15) is 85.1 Å². The zero-order chi connectivity index (χ0) is 34.5. The highest BCUT2D eigenvalue weighted by Crippen LogP contribution is 2.47. The van der Waals surface area contributed by atoms with E-state index in [1.807, 2.05) is 39.0 Å². The van der Waals surface area contributed by atoms with Crippen LogP contribution in [0.4, 0.5) is 20.6 Å². The number of nitrogens with zero attached hydrogens (tertiary/aromatic N) is 4. The first kappa shape index (κ1) is 35.5. The molecule has 4 aliphatic heterocycles. The topological polar surface area (TPSA) is 88.2 Å². The summed E-state index contributed by atoms with van der Waals surface area (Å²) in [5.74, 6) is -0.399. The number of thioether (sulfide) groups is 1. The molecule has 4 amide bonds. The van der Waals surface area contributed by atoms with Gasteiger partial charge in [0.25, 0.3) is 0 Å². The minimum atomic E-state index is -0.533. The van der Waals surface area contributed by atoms with Crippen LogP contribution in [0.3, 0.4) is 0 Å². The van der Waals surface area contributed by atoms with Crippen molar-refractivity contribution in [2.45, 2.75) is 88.8 Å². The van der Waals surface area contributed by atoms with E-state index in [2.05, 4.69) is 42.4 Å². The van der Waals surface area contributed by atoms with Crippen LogP contribution in [0.2, 0.25) is 0 Å². The van der Waals surface area contributed by atoms with E-state index in [4.69, 9.17) is 0 Å². The molecule has 0 saturated carbocycles. The van der Waals surface area contributed by atoms with Crippen LogP contribution in [0.15, 0.2) is 42.5 Å². The van der Waals surface area contributed by atoms with E-state index in [9.17, 15) is 14.4 Å². The molecule has 4 heterocycles. The number of halogens is 1. The van der Waals surface area contributed by atoms with E-state index < -0.39 is 5.25 Å². The molecular weight excluding hydrogens is 640 g/mol. The molecule has 0 aliphatic carbocycles. The molecule has 0 bridgehead atoms. The zero-order valence-corrected chi connectivity index (χ0v) is 30.2. The van der Waals surface area contributed by atoms with Crippen molar-refractivity contribution in [3.8, 4) is 0 Å². The number of piperidine rings is 2. The summed E-state index contributed by atoms with van der Waals surface area (Å²) in [6.07, 6.45) is 6.80. The Morgan fingerprint density at radius 1 is 0.980 bits per heavy atom. The molecule has 11 heteroatoms. The number of nitrogens with one attached hydrogen (secondary N) is 2. The molecule has 4 aliphatic rings. The Labute approximate surface area is 298 Å². The summed E-state index contributed by atoms with van der Waals surface area (Å²) in [4.78, 5) is 48.9. The van der Waals surface area contributed by atoms with Crippen molar-refractivity contribution in [2.24, 2.45) is 5.41 Å². The van der Waals surface area contributed by atoms with Gasteiger partial charge in [-0.05, 0) is 74.7 Å². The number of likely N-dealkylation sites (tertiary alicyclic amines) is 2. The predicted octanol–water partition coefficient (Wildman–Crippen LogP) is 7.07. The van der Waals surface area contributed by atoms with Gasteiger partial charge in [-0.3, -0.25) is 9.59 Å². The Kier molecular flexibility index (Phi) is 11.4. The number of anilines is 2. The first-order valence-electron chi connectivity index (χ1n) is 18.2. The number of benzene rings is 2. The molecule has 270 valence electrons. The molecular formula is C38H57FN6O3S. The van der Waals surface area contributed by atoms with Gasteiger partial charge in [0.1, 0.15) is 11.2 Å². The molecule has 3 saturated heterocycles. The summed E-state index contributed by atoms with van der Waals surface area (Å²) in [5, 5.41) is 5.54. The third-order valence-corrected chi connectivity index (χ3v) is 12.0. The molecule has 3 fully saturated rings. The first-order valence-corrected chi connectivity index (χ1v) is 19.2. The second-order valence-electron chi connectivity index (χ2n) is 15.2. The van der Waals surface area contributed by atoms with Gasteiger partial charge in [0.2, 0.25) is 11.8 Å². The van der Waals surface area contributed by atoms with Crippen molar-refractivity contribution in [1.29, 1.82) is 0 Å². The van der Waals surface area contributed by atoms with E-state index in [1.165, 1.54) is 37.1 Å². The highest BCUT2D eigenvalue weighted by atomic mass is 32.2. The maximum Gasteiger partial charge on any atom is 0.322 e. The maximum absolute atomic E-state index is 15.4. The molecule has 2 N–H and O–H groups in total. The Morgan fingerprint density at radius 3 is 2.49 bits per heavy atom. The fraction of sp³-hybridized carbons (Fsp3) is 0.605. The van der Waals surface area contributed by atoms with Crippen LogP contribution in [0, 0.1) is 11.2 Å². The van der Waals surface area contributed by atoms with Crippen LogP contribution < -0.4 is 10.6 Å². The highest BCUT2D eigenvalue weighted by Gasteiger charge is 2.44. The van der Waals surface area contributed by atoms with Crippen molar-refractivity contribution >= 4 is 41.0 Å². The van der Waals surface area contributed by atoms with Crippen molar-refractivity contribution in [2.75, 3.05) is 63.0 Å². The average molecular weight is 697 g/mol. The lowest BCUT2D eigenvalue weighted by molar-refractivity contribution is -0.137. The van der Waals surface area contributed by atoms with E-state index in [-0.39, 0.29) is 49.8 Å². The lowest BCUT2D eigenvalue weighted by atomic mass is 9.92. The summed E-state index contributed by atoms with van der Waals surface area (Å²) in [5.41, 5.74) is 3.24. The van der Waals surface area contributed by atoms with Gasteiger partial charge in [0, 0.05) is 65.8 Å². The summed E-state index contributed by atoms with van der Waals surface area (Å²) in [6, 6.07) is 13.0. The van der Waals surface area contributed by atoms with E-state index in [0.717, 1.165) is 49.3 Å². The molecule has 0 radical (unpaired) electrons. The van der Waals surface area contributed by atoms with Crippen LogP contribution in [0.5, 0.6) is 0 Å². The Morgan fingerprint density at radius 2 is 1.73 bits per heavy atom. The summed E-state index contributed by atoms with van der Waals surface area (Å²) >= 11 is 1.48. The lowest BCUT2D eigenvalue weighted by Crippen LogP contribution is -2.50. The highest BCUT2D eigenvalue weighted by molar-refractivity contribution is 8.01. The minimum absolute atomic E-state index is 0. The quantitative estimate of drug-likeness (QED) is 0.277. The summed E-state index contributed by atoms with van der Waals surface area (Å²) in [6.45, 7) is 12.4. The van der Waals surface area contributed by atoms with Crippen molar-refractivity contribution in [3.05, 3.63) is 59.4 Å². The standard InChI is InChI=1S/C38H53FN6O3S.2H2/c1-38(2,3)17-24-45-35(47)32(49-36(45)29-11-9-12-30(39)34(29)40-18-25-42-19-7-4-8-20-42)26-33(46)43-21-15-28(16-22-43)44-23-14-27-10-5-6-13-31(27)41-37(44)48;;/h5-6,9-13,28,32,36,40H,4,7-8,14-26H2,1-3H3,(H,41,48);2*1H/t32-,36?;;/m0../s1. The maximum atomic E-state index is 15.4. The molecule has 1 unspecified atom stereocenters. The number of urea groups is 1. The number of hydrogen-bond acceptors (Lipinski definition) is 6. The number of rotatable bonds is 10. The number of para-hydroxylation sites is 2. The van der Waals surface area contributed by atoms with Gasteiger partial charge in [0.15, 0.2) is 0 Å². The molecule has 49 heavy (non-hydrogen) atoms. The van der Waals surface area contributed by atoms with Crippen LogP contribution in [0.25, 0.3) is 0 Å². The Balaban J connectivity index is 0.00000292. The number of hydrogen-bond donors (Lipinski definition) is 2. The molecule has 9 nitrogen and oxygen atoms in total. The fourth-order valence-electron chi connectivity index (χ4n) is 7.56. The van der Waals surface area contributed by atoms with E-state index in [1.54, 1.807) is 6.07 Å². The van der Waals surface area contributed by atoms with Crippen LogP contribution in [-0.2, 0) is 16.0 Å². The number of carbonyl (C=O) groups is 3. The van der Waals surface area contributed by atoms with E-state index in [0.29, 0.717) is 51.3 Å².